The minimum absolute atomic E-state index is 0.0839. The van der Waals surface area contributed by atoms with Crippen molar-refractivity contribution in [3.63, 3.8) is 0 Å². The normalized spacial score (nSPS) is 20.6. The largest absolute Gasteiger partial charge is 0.355 e. The number of benzene rings is 2. The van der Waals surface area contributed by atoms with Gasteiger partial charge in [0.1, 0.15) is 0 Å². The van der Waals surface area contributed by atoms with Crippen LogP contribution in [0.3, 0.4) is 0 Å². The van der Waals surface area contributed by atoms with E-state index in [1.807, 2.05) is 29.2 Å². The summed E-state index contributed by atoms with van der Waals surface area (Å²) in [7, 11) is 0. The van der Waals surface area contributed by atoms with Crippen LogP contribution in [0.15, 0.2) is 48.5 Å². The number of carbonyl (C=O) groups is 2. The van der Waals surface area contributed by atoms with Crippen LogP contribution in [0.1, 0.15) is 30.9 Å². The van der Waals surface area contributed by atoms with Crippen molar-refractivity contribution in [2.75, 3.05) is 6.54 Å². The minimum Gasteiger partial charge on any atom is -0.355 e. The van der Waals surface area contributed by atoms with Gasteiger partial charge in [-0.2, -0.15) is 0 Å². The van der Waals surface area contributed by atoms with Crippen molar-refractivity contribution in [2.24, 2.45) is 11.8 Å². The quantitative estimate of drug-likeness (QED) is 0.921. The summed E-state index contributed by atoms with van der Waals surface area (Å²) >= 11 is 0. The fourth-order valence-corrected chi connectivity index (χ4v) is 3.75. The number of hydrogen-bond donors (Lipinski definition) is 1. The molecule has 1 saturated carbocycles. The Morgan fingerprint density at radius 2 is 1.54 bits per heavy atom. The zero-order valence-electron chi connectivity index (χ0n) is 15.1. The monoisotopic (exact) mass is 348 g/mol. The zero-order valence-corrected chi connectivity index (χ0v) is 15.1. The lowest BCUT2D eigenvalue weighted by Gasteiger charge is -2.21. The predicted octanol–water partition coefficient (Wildman–Crippen LogP) is 3.36. The molecular weight excluding hydrogens is 324 g/mol. The summed E-state index contributed by atoms with van der Waals surface area (Å²) in [5.74, 6) is 0.823. The molecule has 0 unspecified atom stereocenters. The van der Waals surface area contributed by atoms with Gasteiger partial charge in [0, 0.05) is 32.0 Å². The molecule has 0 aromatic heterocycles. The highest BCUT2D eigenvalue weighted by atomic mass is 16.2. The van der Waals surface area contributed by atoms with E-state index >= 15 is 0 Å². The first kappa shape index (κ1) is 16.8. The third-order valence-electron chi connectivity index (χ3n) is 5.48. The third-order valence-corrected chi connectivity index (χ3v) is 5.48. The van der Waals surface area contributed by atoms with Crippen molar-refractivity contribution in [3.05, 3.63) is 59.7 Å². The van der Waals surface area contributed by atoms with Gasteiger partial charge in [-0.3, -0.25) is 9.59 Å². The van der Waals surface area contributed by atoms with Gasteiger partial charge in [0.25, 0.3) is 0 Å². The second-order valence-electron chi connectivity index (χ2n) is 7.42. The summed E-state index contributed by atoms with van der Waals surface area (Å²) in [5.41, 5.74) is 4.74. The highest BCUT2D eigenvalue weighted by molar-refractivity contribution is 5.83. The van der Waals surface area contributed by atoms with Crippen LogP contribution < -0.4 is 5.32 Å². The maximum absolute atomic E-state index is 12.8. The molecule has 26 heavy (non-hydrogen) atoms. The topological polar surface area (TPSA) is 49.4 Å². The minimum atomic E-state index is 0.0839. The lowest BCUT2D eigenvalue weighted by molar-refractivity contribution is -0.132. The van der Waals surface area contributed by atoms with Crippen molar-refractivity contribution in [1.82, 2.24) is 10.2 Å². The summed E-state index contributed by atoms with van der Waals surface area (Å²) in [6.07, 6.45) is 1.32. The van der Waals surface area contributed by atoms with E-state index in [0.29, 0.717) is 32.0 Å². The first-order chi connectivity index (χ1) is 12.6. The lowest BCUT2D eigenvalue weighted by atomic mass is 9.97. The first-order valence-corrected chi connectivity index (χ1v) is 9.35. The van der Waals surface area contributed by atoms with Crippen LogP contribution in [0.4, 0.5) is 0 Å². The Morgan fingerprint density at radius 1 is 1.00 bits per heavy atom. The maximum Gasteiger partial charge on any atom is 0.224 e. The molecular formula is C22H24N2O2. The van der Waals surface area contributed by atoms with E-state index in [1.165, 1.54) is 22.3 Å². The van der Waals surface area contributed by atoms with Crippen molar-refractivity contribution < 1.29 is 9.59 Å². The molecule has 1 heterocycles. The molecule has 4 heteroatoms. The van der Waals surface area contributed by atoms with Gasteiger partial charge >= 0.3 is 0 Å². The predicted molar refractivity (Wildman–Crippen MR) is 101 cm³/mol. The van der Waals surface area contributed by atoms with Crippen molar-refractivity contribution in [2.45, 2.75) is 32.9 Å². The molecule has 1 fully saturated rings. The van der Waals surface area contributed by atoms with Crippen LogP contribution in [0.25, 0.3) is 11.1 Å². The standard InChI is InChI=1S/C22H24N2O2/c1-15-12-20(15)22(26)23-11-10-21(25)24-13-16-6-2-4-8-18(16)19-9-5-3-7-17(19)14-24/h2-9,15,20H,10-14H2,1H3,(H,23,26)/t15-,20-/m1/s1. The van der Waals surface area contributed by atoms with Crippen molar-refractivity contribution in [1.29, 1.82) is 0 Å². The van der Waals surface area contributed by atoms with E-state index < -0.39 is 0 Å². The summed E-state index contributed by atoms with van der Waals surface area (Å²) in [5, 5.41) is 2.91. The molecule has 0 bridgehead atoms. The van der Waals surface area contributed by atoms with E-state index in [2.05, 4.69) is 36.5 Å². The highest BCUT2D eigenvalue weighted by Gasteiger charge is 2.38. The summed E-state index contributed by atoms with van der Waals surface area (Å²) in [4.78, 5) is 26.6. The first-order valence-electron chi connectivity index (χ1n) is 9.35. The lowest BCUT2D eigenvalue weighted by Crippen LogP contribution is -2.34. The molecule has 1 aliphatic heterocycles. The summed E-state index contributed by atoms with van der Waals surface area (Å²) in [6, 6.07) is 16.6. The van der Waals surface area contributed by atoms with Crippen LogP contribution in [0.2, 0.25) is 0 Å². The number of hydrogen-bond acceptors (Lipinski definition) is 2. The number of nitrogens with one attached hydrogen (secondary N) is 1. The van der Waals surface area contributed by atoms with Gasteiger partial charge in [0.05, 0.1) is 0 Å². The van der Waals surface area contributed by atoms with Gasteiger partial charge in [-0.15, -0.1) is 0 Å². The van der Waals surface area contributed by atoms with E-state index in [4.69, 9.17) is 0 Å². The molecule has 2 aromatic rings. The fraction of sp³-hybridized carbons (Fsp3) is 0.364. The Morgan fingerprint density at radius 3 is 2.08 bits per heavy atom. The van der Waals surface area contributed by atoms with Crippen LogP contribution in [0.5, 0.6) is 0 Å². The van der Waals surface area contributed by atoms with E-state index in [-0.39, 0.29) is 17.7 Å². The summed E-state index contributed by atoms with van der Waals surface area (Å²) < 4.78 is 0. The molecule has 2 atom stereocenters. The Balaban J connectivity index is 1.46. The maximum atomic E-state index is 12.8. The molecule has 4 nitrogen and oxygen atoms in total. The number of carbonyl (C=O) groups excluding carboxylic acids is 2. The smallest absolute Gasteiger partial charge is 0.224 e. The number of fused-ring (bicyclic) bond motifs is 3. The average Bonchev–Trinajstić information content (AvgIpc) is 3.41. The SMILES string of the molecule is C[C@@H]1C[C@H]1C(=O)NCCC(=O)N1Cc2ccccc2-c2ccccc2C1. The molecule has 0 spiro atoms. The van der Waals surface area contributed by atoms with Crippen LogP contribution in [-0.4, -0.2) is 23.3 Å². The van der Waals surface area contributed by atoms with Crippen molar-refractivity contribution >= 4 is 11.8 Å². The zero-order chi connectivity index (χ0) is 18.1. The molecule has 0 saturated heterocycles. The molecule has 2 aromatic carbocycles. The molecule has 1 N–H and O–H groups in total. The van der Waals surface area contributed by atoms with E-state index in [9.17, 15) is 9.59 Å². The van der Waals surface area contributed by atoms with Gasteiger partial charge in [0.2, 0.25) is 11.8 Å². The number of rotatable bonds is 4. The van der Waals surface area contributed by atoms with Gasteiger partial charge in [-0.25, -0.2) is 0 Å². The van der Waals surface area contributed by atoms with Gasteiger partial charge in [0.15, 0.2) is 0 Å². The Bertz CT molecular complexity index is 798. The van der Waals surface area contributed by atoms with Gasteiger partial charge < -0.3 is 10.2 Å². The van der Waals surface area contributed by atoms with Crippen LogP contribution >= 0.6 is 0 Å². The molecule has 2 aliphatic rings. The van der Waals surface area contributed by atoms with Crippen LogP contribution in [0, 0.1) is 11.8 Å². The van der Waals surface area contributed by atoms with Gasteiger partial charge in [-0.05, 0) is 34.6 Å². The molecule has 0 radical (unpaired) electrons. The third kappa shape index (κ3) is 3.36. The summed E-state index contributed by atoms with van der Waals surface area (Å²) in [6.45, 7) is 3.72. The Labute approximate surface area is 154 Å². The van der Waals surface area contributed by atoms with E-state index in [0.717, 1.165) is 6.42 Å². The Hall–Kier alpha value is -2.62. The number of amides is 2. The second-order valence-corrected chi connectivity index (χ2v) is 7.42. The second kappa shape index (κ2) is 6.94. The molecule has 1 aliphatic carbocycles. The van der Waals surface area contributed by atoms with E-state index in [1.54, 1.807) is 0 Å². The van der Waals surface area contributed by atoms with Gasteiger partial charge in [-0.1, -0.05) is 55.5 Å². The highest BCUT2D eigenvalue weighted by Crippen LogP contribution is 2.37. The Kier molecular flexibility index (Phi) is 4.49. The molecule has 2 amide bonds. The van der Waals surface area contributed by atoms with Crippen molar-refractivity contribution in [3.8, 4) is 11.1 Å². The fourth-order valence-electron chi connectivity index (χ4n) is 3.75. The number of nitrogens with zero attached hydrogens (tertiary/aromatic N) is 1. The molecule has 4 rings (SSSR count). The van der Waals surface area contributed by atoms with Crippen LogP contribution in [-0.2, 0) is 22.7 Å². The average molecular weight is 348 g/mol. The molecule has 134 valence electrons.